The van der Waals surface area contributed by atoms with Gasteiger partial charge in [0, 0.05) is 24.2 Å². The highest BCUT2D eigenvalue weighted by Gasteiger charge is 2.25. The van der Waals surface area contributed by atoms with Gasteiger partial charge in [0.05, 0.1) is 12.3 Å². The van der Waals surface area contributed by atoms with Crippen LogP contribution in [0.25, 0.3) is 0 Å². The molecular formula is C25H25F3N4O4. The topological polar surface area (TPSA) is 106 Å². The summed E-state index contributed by atoms with van der Waals surface area (Å²) >= 11 is 0. The summed E-state index contributed by atoms with van der Waals surface area (Å²) < 4.78 is 50.4. The molecule has 1 aliphatic rings. The Kier molecular flexibility index (Phi) is 7.87. The molecule has 4 rings (SSSR count). The Morgan fingerprint density at radius 1 is 1.00 bits per heavy atom. The summed E-state index contributed by atoms with van der Waals surface area (Å²) in [6, 6.07) is 8.04. The maximum absolute atomic E-state index is 13.8. The van der Waals surface area contributed by atoms with Crippen molar-refractivity contribution in [3.63, 3.8) is 0 Å². The van der Waals surface area contributed by atoms with E-state index >= 15 is 0 Å². The summed E-state index contributed by atoms with van der Waals surface area (Å²) in [7, 11) is 0. The highest BCUT2D eigenvalue weighted by molar-refractivity contribution is 6.00. The van der Waals surface area contributed by atoms with Gasteiger partial charge in [-0.1, -0.05) is 17.2 Å². The zero-order valence-electron chi connectivity index (χ0n) is 19.5. The second-order valence-corrected chi connectivity index (χ2v) is 8.59. The monoisotopic (exact) mass is 502 g/mol. The van der Waals surface area contributed by atoms with E-state index in [2.05, 4.69) is 20.8 Å². The second kappa shape index (κ2) is 11.2. The number of ether oxygens (including phenoxy) is 1. The number of hydrogen-bond acceptors (Lipinski definition) is 7. The van der Waals surface area contributed by atoms with Crippen LogP contribution >= 0.6 is 0 Å². The van der Waals surface area contributed by atoms with Gasteiger partial charge in [0.15, 0.2) is 11.6 Å². The van der Waals surface area contributed by atoms with Crippen LogP contribution in [-0.2, 0) is 9.53 Å². The zero-order valence-corrected chi connectivity index (χ0v) is 19.5. The van der Waals surface area contributed by atoms with Gasteiger partial charge in [0.2, 0.25) is 0 Å². The van der Waals surface area contributed by atoms with Gasteiger partial charge < -0.3 is 19.8 Å². The Labute approximate surface area is 205 Å². The number of hydrogen-bond donors (Lipinski definition) is 2. The molecule has 1 fully saturated rings. The van der Waals surface area contributed by atoms with Crippen molar-refractivity contribution in [2.45, 2.75) is 44.9 Å². The van der Waals surface area contributed by atoms with Crippen molar-refractivity contribution in [2.75, 3.05) is 17.2 Å². The van der Waals surface area contributed by atoms with Crippen molar-refractivity contribution in [1.82, 2.24) is 10.2 Å². The third kappa shape index (κ3) is 6.21. The van der Waals surface area contributed by atoms with Crippen molar-refractivity contribution in [3.05, 3.63) is 65.3 Å². The van der Waals surface area contributed by atoms with Gasteiger partial charge in [-0.2, -0.15) is 0 Å². The molecule has 36 heavy (non-hydrogen) atoms. The minimum absolute atomic E-state index is 0.137. The lowest BCUT2D eigenvalue weighted by Crippen LogP contribution is -2.18. The molecule has 11 heteroatoms. The third-order valence-electron chi connectivity index (χ3n) is 6.12. The van der Waals surface area contributed by atoms with E-state index in [1.54, 1.807) is 19.1 Å². The Bertz CT molecular complexity index is 1220. The lowest BCUT2D eigenvalue weighted by Gasteiger charge is -2.28. The van der Waals surface area contributed by atoms with Crippen molar-refractivity contribution >= 4 is 29.3 Å². The number of aromatic nitrogens is 2. The fraction of sp³-hybridized carbons (Fsp3) is 0.360. The van der Waals surface area contributed by atoms with Crippen molar-refractivity contribution < 1.29 is 31.9 Å². The number of nitrogens with one attached hydrogen (secondary N) is 2. The Morgan fingerprint density at radius 2 is 1.69 bits per heavy atom. The first-order chi connectivity index (χ1) is 17.3. The van der Waals surface area contributed by atoms with E-state index in [-0.39, 0.29) is 12.0 Å². The SMILES string of the molecule is CCOC(=O)CC1CCC(c2ccc(NC(=O)c3nnc(Nc4cc(F)c(F)cc4F)o3)cc2)CC1. The largest absolute Gasteiger partial charge is 0.466 e. The summed E-state index contributed by atoms with van der Waals surface area (Å²) in [5, 5.41) is 12.1. The van der Waals surface area contributed by atoms with Crippen LogP contribution in [0, 0.1) is 23.4 Å². The molecule has 2 N–H and O–H groups in total. The molecule has 190 valence electrons. The first-order valence-electron chi connectivity index (χ1n) is 11.6. The average Bonchev–Trinajstić information content (AvgIpc) is 3.32. The van der Waals surface area contributed by atoms with E-state index in [1.165, 1.54) is 0 Å². The van der Waals surface area contributed by atoms with Gasteiger partial charge in [-0.05, 0) is 62.1 Å². The van der Waals surface area contributed by atoms with E-state index in [4.69, 9.17) is 9.15 Å². The molecular weight excluding hydrogens is 477 g/mol. The number of nitrogens with zero attached hydrogens (tertiary/aromatic N) is 2. The number of carbonyl (C=O) groups is 2. The molecule has 0 bridgehead atoms. The number of carbonyl (C=O) groups excluding carboxylic acids is 2. The van der Waals surface area contributed by atoms with Crippen LogP contribution < -0.4 is 10.6 Å². The summed E-state index contributed by atoms with van der Waals surface area (Å²) in [5.41, 5.74) is 1.24. The molecule has 1 amide bonds. The summed E-state index contributed by atoms with van der Waals surface area (Å²) in [6.45, 7) is 2.21. The maximum atomic E-state index is 13.8. The molecule has 0 aliphatic heterocycles. The Balaban J connectivity index is 1.30. The van der Waals surface area contributed by atoms with Crippen LogP contribution in [0.2, 0.25) is 0 Å². The molecule has 0 atom stereocenters. The standard InChI is InChI=1S/C25H25F3N4O4/c1-2-35-22(33)11-14-3-5-15(6-4-14)16-7-9-17(10-8-16)29-23(34)24-31-32-25(36-24)30-21-13-19(27)18(26)12-20(21)28/h7-10,12-15H,2-6,11H2,1H3,(H,29,34)(H,30,32). The lowest BCUT2D eigenvalue weighted by atomic mass is 9.77. The smallest absolute Gasteiger partial charge is 0.320 e. The molecule has 2 aromatic carbocycles. The van der Waals surface area contributed by atoms with E-state index in [9.17, 15) is 22.8 Å². The van der Waals surface area contributed by atoms with Gasteiger partial charge in [-0.25, -0.2) is 13.2 Å². The summed E-state index contributed by atoms with van der Waals surface area (Å²) in [6.07, 6.45) is 4.35. The average molecular weight is 502 g/mol. The number of halogens is 3. The molecule has 0 radical (unpaired) electrons. The van der Waals surface area contributed by atoms with E-state index < -0.39 is 34.9 Å². The summed E-state index contributed by atoms with van der Waals surface area (Å²) in [5.74, 6) is -4.15. The van der Waals surface area contributed by atoms with E-state index in [0.29, 0.717) is 42.7 Å². The number of rotatable bonds is 8. The number of benzene rings is 2. The number of anilines is 3. The predicted molar refractivity (Wildman–Crippen MR) is 124 cm³/mol. The zero-order chi connectivity index (χ0) is 25.7. The molecule has 3 aromatic rings. The van der Waals surface area contributed by atoms with Crippen LogP contribution in [-0.4, -0.2) is 28.7 Å². The van der Waals surface area contributed by atoms with Crippen molar-refractivity contribution in [3.8, 4) is 0 Å². The Morgan fingerprint density at radius 3 is 2.39 bits per heavy atom. The molecule has 0 saturated heterocycles. The molecule has 0 spiro atoms. The fourth-order valence-corrected chi connectivity index (χ4v) is 4.28. The highest BCUT2D eigenvalue weighted by Crippen LogP contribution is 2.37. The fourth-order valence-electron chi connectivity index (χ4n) is 4.28. The van der Waals surface area contributed by atoms with Gasteiger partial charge in [-0.15, -0.1) is 5.10 Å². The van der Waals surface area contributed by atoms with Crippen molar-refractivity contribution in [1.29, 1.82) is 0 Å². The molecule has 1 aromatic heterocycles. The van der Waals surface area contributed by atoms with Crippen LogP contribution in [0.4, 0.5) is 30.6 Å². The predicted octanol–water partition coefficient (Wildman–Crippen LogP) is 5.71. The third-order valence-corrected chi connectivity index (χ3v) is 6.12. The molecule has 8 nitrogen and oxygen atoms in total. The highest BCUT2D eigenvalue weighted by atomic mass is 19.2. The maximum Gasteiger partial charge on any atom is 0.320 e. The van der Waals surface area contributed by atoms with Gasteiger partial charge >= 0.3 is 23.8 Å². The quantitative estimate of drug-likeness (QED) is 0.300. The number of esters is 1. The minimum atomic E-state index is -1.34. The molecule has 1 heterocycles. The van der Waals surface area contributed by atoms with Crippen LogP contribution in [0.3, 0.4) is 0 Å². The van der Waals surface area contributed by atoms with Crippen LogP contribution in [0.15, 0.2) is 40.8 Å². The minimum Gasteiger partial charge on any atom is -0.466 e. The second-order valence-electron chi connectivity index (χ2n) is 8.59. The number of amides is 1. The summed E-state index contributed by atoms with van der Waals surface area (Å²) in [4.78, 5) is 24.1. The molecule has 0 unspecified atom stereocenters. The first kappa shape index (κ1) is 25.2. The van der Waals surface area contributed by atoms with Gasteiger partial charge in [0.1, 0.15) is 5.82 Å². The van der Waals surface area contributed by atoms with E-state index in [1.807, 2.05) is 12.1 Å². The van der Waals surface area contributed by atoms with E-state index in [0.717, 1.165) is 31.2 Å². The van der Waals surface area contributed by atoms with Crippen LogP contribution in [0.5, 0.6) is 0 Å². The van der Waals surface area contributed by atoms with Gasteiger partial charge in [0.25, 0.3) is 0 Å². The molecule has 1 aliphatic carbocycles. The Hall–Kier alpha value is -3.89. The van der Waals surface area contributed by atoms with Crippen LogP contribution in [0.1, 0.15) is 61.2 Å². The lowest BCUT2D eigenvalue weighted by molar-refractivity contribution is -0.144. The first-order valence-corrected chi connectivity index (χ1v) is 11.6. The normalized spacial score (nSPS) is 17.4. The molecule has 1 saturated carbocycles. The van der Waals surface area contributed by atoms with Crippen molar-refractivity contribution in [2.24, 2.45) is 5.92 Å². The van der Waals surface area contributed by atoms with Gasteiger partial charge in [-0.3, -0.25) is 9.59 Å².